The van der Waals surface area contributed by atoms with E-state index in [4.69, 9.17) is 0 Å². The zero-order chi connectivity index (χ0) is 7.56. The summed E-state index contributed by atoms with van der Waals surface area (Å²) in [6, 6.07) is 0. The average Bonchev–Trinajstić information content (AvgIpc) is 2.13. The number of esters is 1. The Hall–Kier alpha value is -1.39. The first-order valence-electron chi connectivity index (χ1n) is 2.73. The molecule has 0 unspecified atom stereocenters. The molecule has 0 aliphatic carbocycles. The summed E-state index contributed by atoms with van der Waals surface area (Å²) in [7, 11) is 1.69. The van der Waals surface area contributed by atoms with Crippen LogP contribution in [0.25, 0.3) is 0 Å². The summed E-state index contributed by atoms with van der Waals surface area (Å²) in [6.07, 6.45) is 1.52. The molecule has 0 aliphatic heterocycles. The molecule has 5 nitrogen and oxygen atoms in total. The summed E-state index contributed by atoms with van der Waals surface area (Å²) >= 11 is 0. The molecule has 0 N–H and O–H groups in total. The molecule has 0 bridgehead atoms. The molecule has 0 atom stereocenters. The highest BCUT2D eigenvalue weighted by atomic mass is 16.5. The van der Waals surface area contributed by atoms with E-state index in [1.165, 1.54) is 17.8 Å². The highest BCUT2D eigenvalue weighted by Gasteiger charge is 2.00. The van der Waals surface area contributed by atoms with Crippen LogP contribution in [0.3, 0.4) is 0 Å². The van der Waals surface area contributed by atoms with E-state index >= 15 is 0 Å². The van der Waals surface area contributed by atoms with Crippen LogP contribution in [0.4, 0.5) is 0 Å². The minimum absolute atomic E-state index is 0.231. The van der Waals surface area contributed by atoms with Crippen LogP contribution < -0.4 is 4.74 Å². The highest BCUT2D eigenvalue weighted by Crippen LogP contribution is 2.00. The molecule has 0 fully saturated rings. The minimum atomic E-state index is -0.388. The Morgan fingerprint density at radius 2 is 2.50 bits per heavy atom. The molecule has 0 amide bonds. The lowest BCUT2D eigenvalue weighted by Crippen LogP contribution is -2.01. The van der Waals surface area contributed by atoms with Gasteiger partial charge in [0.15, 0.2) is 0 Å². The van der Waals surface area contributed by atoms with Crippen LogP contribution in [0.1, 0.15) is 6.92 Å². The van der Waals surface area contributed by atoms with Gasteiger partial charge in [-0.05, 0) is 0 Å². The van der Waals surface area contributed by atoms with E-state index < -0.39 is 0 Å². The Morgan fingerprint density at radius 3 is 2.90 bits per heavy atom. The topological polar surface area (TPSA) is 57.0 Å². The molecule has 1 aromatic heterocycles. The molecule has 0 saturated carbocycles. The number of carbonyl (C=O) groups is 1. The van der Waals surface area contributed by atoms with Crippen molar-refractivity contribution in [1.29, 1.82) is 0 Å². The van der Waals surface area contributed by atoms with E-state index in [1.54, 1.807) is 7.05 Å². The summed E-state index contributed by atoms with van der Waals surface area (Å²) in [5.41, 5.74) is 0. The third-order valence-electron chi connectivity index (χ3n) is 0.830. The summed E-state index contributed by atoms with van der Waals surface area (Å²) in [5, 5.41) is 7.08. The Labute approximate surface area is 57.6 Å². The van der Waals surface area contributed by atoms with E-state index in [0.29, 0.717) is 0 Å². The Morgan fingerprint density at radius 1 is 1.80 bits per heavy atom. The number of rotatable bonds is 1. The smallest absolute Gasteiger partial charge is 0.309 e. The van der Waals surface area contributed by atoms with Crippen LogP contribution in [0.2, 0.25) is 0 Å². The standard InChI is InChI=1S/C5H7N3O2/c1-4(9)10-5-3-8(2)7-6-5/h3H,1-2H3. The zero-order valence-electron chi connectivity index (χ0n) is 5.74. The van der Waals surface area contributed by atoms with Gasteiger partial charge in [-0.2, -0.15) is 0 Å². The van der Waals surface area contributed by atoms with Crippen molar-refractivity contribution in [1.82, 2.24) is 15.0 Å². The maximum absolute atomic E-state index is 10.3. The van der Waals surface area contributed by atoms with Crippen molar-refractivity contribution >= 4 is 5.97 Å². The van der Waals surface area contributed by atoms with Gasteiger partial charge in [-0.25, -0.2) is 0 Å². The average molecular weight is 141 g/mol. The van der Waals surface area contributed by atoms with Crippen molar-refractivity contribution in [3.63, 3.8) is 0 Å². The third-order valence-corrected chi connectivity index (χ3v) is 0.830. The van der Waals surface area contributed by atoms with Gasteiger partial charge < -0.3 is 4.74 Å². The van der Waals surface area contributed by atoms with E-state index in [9.17, 15) is 4.79 Å². The van der Waals surface area contributed by atoms with E-state index in [0.717, 1.165) is 0 Å². The zero-order valence-corrected chi connectivity index (χ0v) is 5.74. The van der Waals surface area contributed by atoms with Gasteiger partial charge in [-0.15, -0.1) is 0 Å². The van der Waals surface area contributed by atoms with Crippen molar-refractivity contribution < 1.29 is 9.53 Å². The first kappa shape index (κ1) is 6.73. The molecule has 1 aromatic rings. The van der Waals surface area contributed by atoms with Crippen LogP contribution in [0, 0.1) is 0 Å². The van der Waals surface area contributed by atoms with Gasteiger partial charge in [-0.1, -0.05) is 10.3 Å². The molecule has 10 heavy (non-hydrogen) atoms. The van der Waals surface area contributed by atoms with Crippen LogP contribution >= 0.6 is 0 Å². The lowest BCUT2D eigenvalue weighted by Gasteiger charge is -1.89. The van der Waals surface area contributed by atoms with Crippen molar-refractivity contribution in [2.45, 2.75) is 6.92 Å². The Balaban J connectivity index is 2.67. The molecular weight excluding hydrogens is 134 g/mol. The quantitative estimate of drug-likeness (QED) is 0.505. The Bertz CT molecular complexity index is 243. The maximum Gasteiger partial charge on any atom is 0.309 e. The number of aryl methyl sites for hydroxylation is 1. The predicted molar refractivity (Wildman–Crippen MR) is 32.3 cm³/mol. The van der Waals surface area contributed by atoms with Crippen molar-refractivity contribution in [2.24, 2.45) is 7.05 Å². The van der Waals surface area contributed by atoms with Gasteiger partial charge in [0.2, 0.25) is 0 Å². The van der Waals surface area contributed by atoms with Gasteiger partial charge in [0.05, 0.1) is 6.20 Å². The van der Waals surface area contributed by atoms with Crippen molar-refractivity contribution in [3.8, 4) is 5.88 Å². The van der Waals surface area contributed by atoms with E-state index in [1.807, 2.05) is 0 Å². The number of hydrogen-bond donors (Lipinski definition) is 0. The molecule has 0 aromatic carbocycles. The summed E-state index contributed by atoms with van der Waals surface area (Å²) in [5.74, 6) is -0.157. The minimum Gasteiger partial charge on any atom is -0.404 e. The number of hydrogen-bond acceptors (Lipinski definition) is 4. The molecule has 5 heteroatoms. The lowest BCUT2D eigenvalue weighted by atomic mass is 10.7. The monoisotopic (exact) mass is 141 g/mol. The molecule has 54 valence electrons. The van der Waals surface area contributed by atoms with Gasteiger partial charge in [0, 0.05) is 14.0 Å². The highest BCUT2D eigenvalue weighted by molar-refractivity contribution is 5.68. The number of aromatic nitrogens is 3. The van der Waals surface area contributed by atoms with Crippen molar-refractivity contribution in [3.05, 3.63) is 6.20 Å². The molecular formula is C5H7N3O2. The van der Waals surface area contributed by atoms with Gasteiger partial charge in [0.25, 0.3) is 5.88 Å². The number of nitrogens with zero attached hydrogens (tertiary/aromatic N) is 3. The predicted octanol–water partition coefficient (Wildman–Crippen LogP) is -0.260. The number of carbonyl (C=O) groups excluding carboxylic acids is 1. The van der Waals surface area contributed by atoms with Gasteiger partial charge >= 0.3 is 5.97 Å². The SMILES string of the molecule is CC(=O)Oc1cn(C)nn1. The van der Waals surface area contributed by atoms with Crippen molar-refractivity contribution in [2.75, 3.05) is 0 Å². The largest absolute Gasteiger partial charge is 0.404 e. The fraction of sp³-hybridized carbons (Fsp3) is 0.400. The van der Waals surface area contributed by atoms with Crippen LogP contribution in [0.5, 0.6) is 5.88 Å². The second kappa shape index (κ2) is 2.47. The molecule has 0 saturated heterocycles. The molecule has 0 aliphatic rings. The third kappa shape index (κ3) is 1.54. The van der Waals surface area contributed by atoms with Crippen LogP contribution in [-0.2, 0) is 11.8 Å². The van der Waals surface area contributed by atoms with Crippen LogP contribution in [-0.4, -0.2) is 21.0 Å². The Kier molecular flexibility index (Phi) is 1.66. The fourth-order valence-corrected chi connectivity index (χ4v) is 0.520. The lowest BCUT2D eigenvalue weighted by molar-refractivity contribution is -0.132. The molecule has 0 spiro atoms. The fourth-order valence-electron chi connectivity index (χ4n) is 0.520. The first-order chi connectivity index (χ1) is 4.68. The number of ether oxygens (including phenoxy) is 1. The molecule has 0 radical (unpaired) electrons. The van der Waals surface area contributed by atoms with E-state index in [-0.39, 0.29) is 11.8 Å². The molecule has 1 rings (SSSR count). The summed E-state index contributed by atoms with van der Waals surface area (Å²) in [6.45, 7) is 1.31. The van der Waals surface area contributed by atoms with Gasteiger partial charge in [0.1, 0.15) is 0 Å². The summed E-state index contributed by atoms with van der Waals surface area (Å²) in [4.78, 5) is 10.3. The van der Waals surface area contributed by atoms with Crippen LogP contribution in [0.15, 0.2) is 6.20 Å². The van der Waals surface area contributed by atoms with Gasteiger partial charge in [-0.3, -0.25) is 9.48 Å². The van der Waals surface area contributed by atoms with E-state index in [2.05, 4.69) is 15.0 Å². The molecule has 1 heterocycles. The summed E-state index contributed by atoms with van der Waals surface area (Å²) < 4.78 is 6.06. The maximum atomic E-state index is 10.3. The second-order valence-corrected chi connectivity index (χ2v) is 1.82. The first-order valence-corrected chi connectivity index (χ1v) is 2.73. The second-order valence-electron chi connectivity index (χ2n) is 1.82. The normalized spacial score (nSPS) is 9.40.